The van der Waals surface area contributed by atoms with Crippen LogP contribution in [0.4, 0.5) is 0 Å². The van der Waals surface area contributed by atoms with Crippen LogP contribution in [0.2, 0.25) is 0 Å². The largest absolute Gasteiger partial charge is 0.409 e. The van der Waals surface area contributed by atoms with Gasteiger partial charge in [0, 0.05) is 6.04 Å². The predicted octanol–water partition coefficient (Wildman–Crippen LogP) is 0.796. The maximum absolute atomic E-state index is 13.0. The molecule has 21 heavy (non-hydrogen) atoms. The summed E-state index contributed by atoms with van der Waals surface area (Å²) in [5, 5.41) is 12.2. The van der Waals surface area contributed by atoms with Gasteiger partial charge in [0.2, 0.25) is 11.8 Å². The van der Waals surface area contributed by atoms with Crippen LogP contribution in [0.15, 0.2) is 5.16 Å². The van der Waals surface area contributed by atoms with Crippen LogP contribution in [-0.4, -0.2) is 40.3 Å². The third kappa shape index (κ3) is 3.86. The number of primary amides is 1. The molecule has 0 spiro atoms. The molecule has 7 heteroatoms. The van der Waals surface area contributed by atoms with Crippen LogP contribution in [-0.2, 0) is 9.59 Å². The first-order valence-electron chi connectivity index (χ1n) is 7.42. The van der Waals surface area contributed by atoms with E-state index < -0.39 is 11.3 Å². The summed E-state index contributed by atoms with van der Waals surface area (Å²) in [5.41, 5.74) is 10.1. The van der Waals surface area contributed by atoms with Crippen molar-refractivity contribution in [2.45, 2.75) is 58.4 Å². The van der Waals surface area contributed by atoms with E-state index in [0.29, 0.717) is 12.8 Å². The van der Waals surface area contributed by atoms with Crippen molar-refractivity contribution >= 4 is 17.6 Å². The zero-order chi connectivity index (χ0) is 16.0. The predicted molar refractivity (Wildman–Crippen MR) is 79.6 cm³/mol. The molecule has 120 valence electrons. The van der Waals surface area contributed by atoms with E-state index in [1.807, 2.05) is 13.8 Å². The molecule has 0 radical (unpaired) electrons. The lowest BCUT2D eigenvalue weighted by Crippen LogP contribution is -2.55. The SMILES string of the molecule is CC(C)N(CC(N)=O)C(=O)C1(C(N)=NO)CCCCCC1. The number of nitrogens with zero attached hydrogens (tertiary/aromatic N) is 2. The van der Waals surface area contributed by atoms with E-state index >= 15 is 0 Å². The Kier molecular flexibility index (Phi) is 5.99. The van der Waals surface area contributed by atoms with E-state index in [1.54, 1.807) is 0 Å². The molecule has 0 aromatic heterocycles. The summed E-state index contributed by atoms with van der Waals surface area (Å²) in [6.45, 7) is 3.48. The van der Waals surface area contributed by atoms with Crippen molar-refractivity contribution in [2.75, 3.05) is 6.54 Å². The first kappa shape index (κ1) is 17.3. The minimum absolute atomic E-state index is 0.0653. The average Bonchev–Trinajstić information content (AvgIpc) is 2.69. The number of carbonyl (C=O) groups is 2. The zero-order valence-corrected chi connectivity index (χ0v) is 12.8. The van der Waals surface area contributed by atoms with Crippen LogP contribution < -0.4 is 11.5 Å². The van der Waals surface area contributed by atoms with Gasteiger partial charge in [-0.1, -0.05) is 30.8 Å². The van der Waals surface area contributed by atoms with E-state index in [0.717, 1.165) is 25.7 Å². The summed E-state index contributed by atoms with van der Waals surface area (Å²) < 4.78 is 0. The van der Waals surface area contributed by atoms with Crippen molar-refractivity contribution in [3.05, 3.63) is 0 Å². The second-order valence-electron chi connectivity index (χ2n) is 5.97. The van der Waals surface area contributed by atoms with Gasteiger partial charge in [-0.25, -0.2) is 0 Å². The van der Waals surface area contributed by atoms with E-state index in [4.69, 9.17) is 16.7 Å². The fourth-order valence-electron chi connectivity index (χ4n) is 2.94. The van der Waals surface area contributed by atoms with Crippen LogP contribution in [0, 0.1) is 5.41 Å². The van der Waals surface area contributed by atoms with Crippen molar-refractivity contribution in [1.29, 1.82) is 0 Å². The molecular formula is C14H26N4O3. The topological polar surface area (TPSA) is 122 Å². The molecule has 0 bridgehead atoms. The third-order valence-electron chi connectivity index (χ3n) is 4.17. The molecule has 0 aliphatic heterocycles. The Bertz CT molecular complexity index is 412. The molecular weight excluding hydrogens is 272 g/mol. The Labute approximate surface area is 125 Å². The van der Waals surface area contributed by atoms with Gasteiger partial charge in [0.1, 0.15) is 5.41 Å². The smallest absolute Gasteiger partial charge is 0.237 e. The van der Waals surface area contributed by atoms with Crippen LogP contribution in [0.5, 0.6) is 0 Å². The van der Waals surface area contributed by atoms with Crippen molar-refractivity contribution in [3.8, 4) is 0 Å². The minimum atomic E-state index is -1.02. The molecule has 0 saturated heterocycles. The van der Waals surface area contributed by atoms with Crippen molar-refractivity contribution in [3.63, 3.8) is 0 Å². The van der Waals surface area contributed by atoms with Gasteiger partial charge in [-0.15, -0.1) is 0 Å². The minimum Gasteiger partial charge on any atom is -0.409 e. The highest BCUT2D eigenvalue weighted by Gasteiger charge is 2.46. The summed E-state index contributed by atoms with van der Waals surface area (Å²) in [4.78, 5) is 25.6. The van der Waals surface area contributed by atoms with Gasteiger partial charge in [0.05, 0.1) is 6.54 Å². The normalized spacial score (nSPS) is 19.1. The molecule has 1 saturated carbocycles. The fraction of sp³-hybridized carbons (Fsp3) is 0.786. The zero-order valence-electron chi connectivity index (χ0n) is 12.8. The molecule has 1 aliphatic carbocycles. The molecule has 0 heterocycles. The summed E-state index contributed by atoms with van der Waals surface area (Å²) in [6.07, 6.45) is 4.78. The first-order chi connectivity index (χ1) is 9.85. The Morgan fingerprint density at radius 1 is 1.19 bits per heavy atom. The van der Waals surface area contributed by atoms with Crippen LogP contribution in [0.25, 0.3) is 0 Å². The van der Waals surface area contributed by atoms with Crippen molar-refractivity contribution in [1.82, 2.24) is 4.90 Å². The molecule has 7 nitrogen and oxygen atoms in total. The highest BCUT2D eigenvalue weighted by molar-refractivity contribution is 6.07. The van der Waals surface area contributed by atoms with Gasteiger partial charge in [0.15, 0.2) is 5.84 Å². The Balaban J connectivity index is 3.16. The van der Waals surface area contributed by atoms with E-state index in [1.165, 1.54) is 4.90 Å². The number of hydrogen-bond donors (Lipinski definition) is 3. The first-order valence-corrected chi connectivity index (χ1v) is 7.42. The maximum Gasteiger partial charge on any atom is 0.237 e. The number of amidine groups is 1. The Hall–Kier alpha value is -1.79. The third-order valence-corrected chi connectivity index (χ3v) is 4.17. The van der Waals surface area contributed by atoms with Crippen molar-refractivity contribution < 1.29 is 14.8 Å². The number of rotatable bonds is 5. The summed E-state index contributed by atoms with van der Waals surface area (Å²) in [5.74, 6) is -0.904. The summed E-state index contributed by atoms with van der Waals surface area (Å²) >= 11 is 0. The highest BCUT2D eigenvalue weighted by Crippen LogP contribution is 2.37. The van der Waals surface area contributed by atoms with Gasteiger partial charge >= 0.3 is 0 Å². The van der Waals surface area contributed by atoms with Gasteiger partial charge in [0.25, 0.3) is 0 Å². The molecule has 0 unspecified atom stereocenters. The highest BCUT2D eigenvalue weighted by atomic mass is 16.4. The molecule has 0 atom stereocenters. The lowest BCUT2D eigenvalue weighted by molar-refractivity contribution is -0.143. The molecule has 1 fully saturated rings. The fourth-order valence-corrected chi connectivity index (χ4v) is 2.94. The van der Waals surface area contributed by atoms with E-state index in [2.05, 4.69) is 5.16 Å². The van der Waals surface area contributed by atoms with Crippen LogP contribution in [0.3, 0.4) is 0 Å². The quantitative estimate of drug-likeness (QED) is 0.228. The monoisotopic (exact) mass is 298 g/mol. The molecule has 1 aliphatic rings. The van der Waals surface area contributed by atoms with E-state index in [9.17, 15) is 9.59 Å². The van der Waals surface area contributed by atoms with Crippen molar-refractivity contribution in [2.24, 2.45) is 22.0 Å². The number of carbonyl (C=O) groups excluding carboxylic acids is 2. The molecule has 0 aromatic carbocycles. The van der Waals surface area contributed by atoms with Gasteiger partial charge in [-0.05, 0) is 26.7 Å². The number of nitrogens with two attached hydrogens (primary N) is 2. The molecule has 0 aromatic rings. The number of hydrogen-bond acceptors (Lipinski definition) is 4. The molecule has 5 N–H and O–H groups in total. The van der Waals surface area contributed by atoms with Gasteiger partial charge in [-0.3, -0.25) is 9.59 Å². The molecule has 2 amide bonds. The molecule has 1 rings (SSSR count). The lowest BCUT2D eigenvalue weighted by atomic mass is 9.77. The summed E-state index contributed by atoms with van der Waals surface area (Å²) in [7, 11) is 0. The lowest BCUT2D eigenvalue weighted by Gasteiger charge is -2.37. The van der Waals surface area contributed by atoms with Crippen LogP contribution in [0.1, 0.15) is 52.4 Å². The van der Waals surface area contributed by atoms with Gasteiger partial charge in [-0.2, -0.15) is 0 Å². The average molecular weight is 298 g/mol. The number of oxime groups is 1. The standard InChI is InChI=1S/C14H26N4O3/c1-10(2)18(9-11(15)19)13(20)14(12(16)17-21)7-5-3-4-6-8-14/h10,21H,3-9H2,1-2H3,(H2,15,19)(H2,16,17). The van der Waals surface area contributed by atoms with Crippen LogP contribution >= 0.6 is 0 Å². The van der Waals surface area contributed by atoms with Gasteiger partial charge < -0.3 is 21.6 Å². The maximum atomic E-state index is 13.0. The second kappa shape index (κ2) is 7.28. The second-order valence-corrected chi connectivity index (χ2v) is 5.97. The number of amides is 2. The van der Waals surface area contributed by atoms with E-state index in [-0.39, 0.29) is 24.3 Å². The summed E-state index contributed by atoms with van der Waals surface area (Å²) in [6, 6.07) is -0.184. The Morgan fingerprint density at radius 2 is 1.71 bits per heavy atom. The Morgan fingerprint density at radius 3 is 2.10 bits per heavy atom.